The van der Waals surface area contributed by atoms with E-state index in [4.69, 9.17) is 0 Å². The van der Waals surface area contributed by atoms with Crippen molar-refractivity contribution in [3.63, 3.8) is 0 Å². The van der Waals surface area contributed by atoms with Crippen LogP contribution in [0.1, 0.15) is 36.6 Å². The van der Waals surface area contributed by atoms with Crippen molar-refractivity contribution >= 4 is 6.03 Å². The van der Waals surface area contributed by atoms with Crippen molar-refractivity contribution in [1.82, 2.24) is 25.4 Å². The summed E-state index contributed by atoms with van der Waals surface area (Å²) in [5.74, 6) is 0.406. The number of nitrogens with zero attached hydrogens (tertiary/aromatic N) is 3. The number of fused-ring (bicyclic) bond motifs is 1. The first-order valence-corrected chi connectivity index (χ1v) is 8.02. The van der Waals surface area contributed by atoms with Gasteiger partial charge in [0.1, 0.15) is 12.7 Å². The number of carbonyl (C=O) groups is 1. The number of aromatic nitrogens is 3. The van der Waals surface area contributed by atoms with E-state index in [1.54, 1.807) is 11.0 Å². The van der Waals surface area contributed by atoms with Crippen molar-refractivity contribution in [2.24, 2.45) is 5.92 Å². The Morgan fingerprint density at radius 1 is 1.48 bits per heavy atom. The molecule has 0 fully saturated rings. The highest BCUT2D eigenvalue weighted by Gasteiger charge is 2.30. The largest absolute Gasteiger partial charge is 0.334 e. The lowest BCUT2D eigenvalue weighted by atomic mass is 10.0. The predicted molar refractivity (Wildman–Crippen MR) is 87.9 cm³/mol. The molecule has 122 valence electrons. The maximum absolute atomic E-state index is 12.3. The van der Waals surface area contributed by atoms with E-state index in [0.29, 0.717) is 12.5 Å². The van der Waals surface area contributed by atoms with Crippen LogP contribution in [0.2, 0.25) is 0 Å². The summed E-state index contributed by atoms with van der Waals surface area (Å²) in [5.41, 5.74) is 3.81. The number of carbonyl (C=O) groups excluding carboxylic acids is 1. The number of aryl methyl sites for hydroxylation is 1. The highest BCUT2D eigenvalue weighted by Crippen LogP contribution is 2.36. The maximum atomic E-state index is 12.3. The summed E-state index contributed by atoms with van der Waals surface area (Å²) < 4.78 is 1.71. The minimum absolute atomic E-state index is 0.0228. The molecule has 6 heteroatoms. The van der Waals surface area contributed by atoms with Crippen LogP contribution in [-0.2, 0) is 13.0 Å². The van der Waals surface area contributed by atoms with E-state index in [-0.39, 0.29) is 18.1 Å². The maximum Gasteiger partial charge on any atom is 0.315 e. The zero-order chi connectivity index (χ0) is 16.4. The van der Waals surface area contributed by atoms with Gasteiger partial charge in [-0.2, -0.15) is 5.10 Å². The Morgan fingerprint density at radius 2 is 2.30 bits per heavy atom. The predicted octanol–water partition coefficient (Wildman–Crippen LogP) is 2.21. The molecule has 1 aromatic carbocycles. The molecule has 1 aliphatic rings. The van der Waals surface area contributed by atoms with Crippen molar-refractivity contribution in [1.29, 1.82) is 0 Å². The Balaban J connectivity index is 1.61. The molecule has 1 aliphatic carbocycles. The lowest BCUT2D eigenvalue weighted by molar-refractivity contribution is 0.229. The van der Waals surface area contributed by atoms with Gasteiger partial charge >= 0.3 is 6.03 Å². The van der Waals surface area contributed by atoms with Crippen LogP contribution < -0.4 is 10.6 Å². The Labute approximate surface area is 136 Å². The highest BCUT2D eigenvalue weighted by atomic mass is 16.2. The van der Waals surface area contributed by atoms with Gasteiger partial charge in [-0.1, -0.05) is 30.7 Å². The number of amides is 2. The van der Waals surface area contributed by atoms with Crippen LogP contribution in [-0.4, -0.2) is 26.8 Å². The molecule has 2 aromatic rings. The van der Waals surface area contributed by atoms with Gasteiger partial charge in [0, 0.05) is 6.04 Å². The van der Waals surface area contributed by atoms with Crippen molar-refractivity contribution in [3.05, 3.63) is 47.5 Å². The quantitative estimate of drug-likeness (QED) is 0.909. The molecule has 0 spiro atoms. The fourth-order valence-electron chi connectivity index (χ4n) is 3.24. The van der Waals surface area contributed by atoms with Crippen LogP contribution in [0.3, 0.4) is 0 Å². The third-order valence-corrected chi connectivity index (χ3v) is 4.34. The number of benzene rings is 1. The number of hydrogen-bond acceptors (Lipinski definition) is 3. The van der Waals surface area contributed by atoms with Gasteiger partial charge in [-0.25, -0.2) is 9.78 Å². The summed E-state index contributed by atoms with van der Waals surface area (Å²) in [6.07, 6.45) is 4.15. The fourth-order valence-corrected chi connectivity index (χ4v) is 3.24. The van der Waals surface area contributed by atoms with E-state index in [2.05, 4.69) is 52.8 Å². The number of hydrogen-bond donors (Lipinski definition) is 2. The van der Waals surface area contributed by atoms with Gasteiger partial charge in [-0.15, -0.1) is 0 Å². The van der Waals surface area contributed by atoms with E-state index < -0.39 is 0 Å². The van der Waals surface area contributed by atoms with Gasteiger partial charge in [-0.05, 0) is 37.3 Å². The summed E-state index contributed by atoms with van der Waals surface area (Å²) in [4.78, 5) is 16.2. The van der Waals surface area contributed by atoms with Gasteiger partial charge in [0.2, 0.25) is 0 Å². The molecule has 2 N–H and O–H groups in total. The molecule has 0 bridgehead atoms. The monoisotopic (exact) mass is 313 g/mol. The molecule has 0 saturated carbocycles. The smallest absolute Gasteiger partial charge is 0.315 e. The van der Waals surface area contributed by atoms with Crippen molar-refractivity contribution in [3.8, 4) is 0 Å². The van der Waals surface area contributed by atoms with Gasteiger partial charge in [-0.3, -0.25) is 4.68 Å². The number of rotatable bonds is 4. The first-order chi connectivity index (χ1) is 11.0. The molecule has 0 radical (unpaired) electrons. The first kappa shape index (κ1) is 15.5. The van der Waals surface area contributed by atoms with Crippen LogP contribution in [0.4, 0.5) is 4.79 Å². The van der Waals surface area contributed by atoms with E-state index in [9.17, 15) is 4.79 Å². The van der Waals surface area contributed by atoms with Crippen molar-refractivity contribution in [2.45, 2.75) is 45.8 Å². The summed E-state index contributed by atoms with van der Waals surface area (Å²) in [7, 11) is 0. The molecule has 3 atom stereocenters. The third kappa shape index (κ3) is 3.52. The zero-order valence-electron chi connectivity index (χ0n) is 13.8. The van der Waals surface area contributed by atoms with Crippen LogP contribution in [0, 0.1) is 12.8 Å². The minimum atomic E-state index is -0.135. The minimum Gasteiger partial charge on any atom is -0.334 e. The molecule has 1 heterocycles. The Hall–Kier alpha value is -2.37. The van der Waals surface area contributed by atoms with Crippen LogP contribution in [0.25, 0.3) is 0 Å². The third-order valence-electron chi connectivity index (χ3n) is 4.34. The van der Waals surface area contributed by atoms with Crippen LogP contribution >= 0.6 is 0 Å². The summed E-state index contributed by atoms with van der Waals surface area (Å²) in [6, 6.07) is 6.41. The number of urea groups is 1. The summed E-state index contributed by atoms with van der Waals surface area (Å²) in [6.45, 7) is 6.82. The first-order valence-electron chi connectivity index (χ1n) is 8.02. The van der Waals surface area contributed by atoms with E-state index in [1.165, 1.54) is 23.0 Å². The lowest BCUT2D eigenvalue weighted by Gasteiger charge is -2.21. The number of nitrogens with one attached hydrogen (secondary N) is 2. The zero-order valence-corrected chi connectivity index (χ0v) is 13.8. The molecular weight excluding hydrogens is 290 g/mol. The average Bonchev–Trinajstić information content (AvgIpc) is 3.08. The van der Waals surface area contributed by atoms with E-state index in [0.717, 1.165) is 6.42 Å². The molecule has 1 aromatic heterocycles. The molecule has 0 saturated heterocycles. The molecule has 3 rings (SSSR count). The van der Waals surface area contributed by atoms with Gasteiger partial charge in [0.25, 0.3) is 0 Å². The van der Waals surface area contributed by atoms with Crippen LogP contribution in [0.15, 0.2) is 30.9 Å². The van der Waals surface area contributed by atoms with Gasteiger partial charge in [0.15, 0.2) is 0 Å². The van der Waals surface area contributed by atoms with Gasteiger partial charge < -0.3 is 10.6 Å². The van der Waals surface area contributed by atoms with Crippen LogP contribution in [0.5, 0.6) is 0 Å². The molecule has 2 amide bonds. The molecule has 0 unspecified atom stereocenters. The lowest BCUT2D eigenvalue weighted by Crippen LogP contribution is -2.44. The van der Waals surface area contributed by atoms with E-state index in [1.807, 2.05) is 6.92 Å². The fraction of sp³-hybridized carbons (Fsp3) is 0.471. The van der Waals surface area contributed by atoms with Crippen molar-refractivity contribution < 1.29 is 4.79 Å². The van der Waals surface area contributed by atoms with E-state index >= 15 is 0 Å². The average molecular weight is 313 g/mol. The Bertz CT molecular complexity index is 682. The molecule has 0 aliphatic heterocycles. The normalized spacial score (nSPS) is 20.8. The molecule has 23 heavy (non-hydrogen) atoms. The highest BCUT2D eigenvalue weighted by molar-refractivity contribution is 5.75. The van der Waals surface area contributed by atoms with Crippen molar-refractivity contribution in [2.75, 3.05) is 0 Å². The standard InChI is InChI=1S/C17H23N5O/c1-11-4-5-14-7-12(2)16(15(14)6-11)21-17(23)20-13(3)8-22-10-18-9-19-22/h4-6,9-10,12-13,16H,7-8H2,1-3H3,(H2,20,21,23)/t12-,13-,16-/m1/s1. The second-order valence-corrected chi connectivity index (χ2v) is 6.50. The Morgan fingerprint density at radius 3 is 3.04 bits per heavy atom. The summed E-state index contributed by atoms with van der Waals surface area (Å²) in [5, 5.41) is 10.2. The SMILES string of the molecule is Cc1ccc2c(c1)[C@H](NC(=O)N[C@H](C)Cn1cncn1)[C@H](C)C2. The molecule has 6 nitrogen and oxygen atoms in total. The van der Waals surface area contributed by atoms with Gasteiger partial charge in [0.05, 0.1) is 12.6 Å². The summed E-state index contributed by atoms with van der Waals surface area (Å²) >= 11 is 0. The Kier molecular flexibility index (Phi) is 4.32. The second-order valence-electron chi connectivity index (χ2n) is 6.50. The molecular formula is C17H23N5O. The topological polar surface area (TPSA) is 71.8 Å². The second kappa shape index (κ2) is 6.40.